The first kappa shape index (κ1) is 15.8. The third-order valence-electron chi connectivity index (χ3n) is 3.90. The molecule has 3 rings (SSSR count). The van der Waals surface area contributed by atoms with Crippen LogP contribution in [0.3, 0.4) is 0 Å². The minimum Gasteiger partial charge on any atom is -0.325 e. The highest BCUT2D eigenvalue weighted by atomic mass is 35.5. The van der Waals surface area contributed by atoms with Gasteiger partial charge in [-0.25, -0.2) is 0 Å². The van der Waals surface area contributed by atoms with E-state index in [0.717, 1.165) is 43.7 Å². The molecule has 0 saturated carbocycles. The molecule has 1 unspecified atom stereocenters. The van der Waals surface area contributed by atoms with Crippen molar-refractivity contribution in [3.63, 3.8) is 0 Å². The molecule has 114 valence electrons. The van der Waals surface area contributed by atoms with E-state index in [9.17, 15) is 9.59 Å². The van der Waals surface area contributed by atoms with E-state index in [2.05, 4.69) is 10.6 Å². The van der Waals surface area contributed by atoms with Crippen molar-refractivity contribution in [2.24, 2.45) is 0 Å². The van der Waals surface area contributed by atoms with E-state index in [4.69, 9.17) is 0 Å². The van der Waals surface area contributed by atoms with Crippen molar-refractivity contribution >= 4 is 35.6 Å². The Labute approximate surface area is 130 Å². The Kier molecular flexibility index (Phi) is 5.20. The van der Waals surface area contributed by atoms with Gasteiger partial charge in [-0.2, -0.15) is 0 Å². The number of benzene rings is 1. The van der Waals surface area contributed by atoms with Gasteiger partial charge in [0.1, 0.15) is 0 Å². The molecule has 2 heterocycles. The summed E-state index contributed by atoms with van der Waals surface area (Å²) < 4.78 is 0. The van der Waals surface area contributed by atoms with Crippen molar-refractivity contribution in [3.8, 4) is 0 Å². The minimum atomic E-state index is -0.0742. The first-order chi connectivity index (χ1) is 9.74. The fourth-order valence-electron chi connectivity index (χ4n) is 2.78. The molecule has 1 aromatic rings. The monoisotopic (exact) mass is 309 g/mol. The first-order valence-corrected chi connectivity index (χ1v) is 7.19. The Balaban J connectivity index is 0.00000161. The van der Waals surface area contributed by atoms with E-state index in [-0.39, 0.29) is 30.3 Å². The van der Waals surface area contributed by atoms with Gasteiger partial charge in [0.25, 0.3) is 0 Å². The molecule has 2 aliphatic rings. The third-order valence-corrected chi connectivity index (χ3v) is 3.90. The summed E-state index contributed by atoms with van der Waals surface area (Å²) in [6, 6.07) is 7.42. The van der Waals surface area contributed by atoms with Crippen molar-refractivity contribution < 1.29 is 9.59 Å². The topological polar surface area (TPSA) is 61.4 Å². The number of carbonyl (C=O) groups is 2. The number of anilines is 2. The smallest absolute Gasteiger partial charge is 0.241 e. The predicted octanol–water partition coefficient (Wildman–Crippen LogP) is 1.93. The first-order valence-electron chi connectivity index (χ1n) is 7.19. The van der Waals surface area contributed by atoms with E-state index < -0.39 is 0 Å². The zero-order valence-electron chi connectivity index (χ0n) is 11.8. The van der Waals surface area contributed by atoms with E-state index in [1.54, 1.807) is 4.90 Å². The maximum absolute atomic E-state index is 12.0. The highest BCUT2D eigenvalue weighted by molar-refractivity contribution is 5.97. The lowest BCUT2D eigenvalue weighted by atomic mass is 10.2. The fraction of sp³-hybridized carbons (Fsp3) is 0.467. The van der Waals surface area contributed by atoms with Crippen molar-refractivity contribution in [2.75, 3.05) is 23.3 Å². The third kappa shape index (κ3) is 3.54. The molecule has 1 aromatic carbocycles. The Morgan fingerprint density at radius 2 is 2.00 bits per heavy atom. The minimum absolute atomic E-state index is 0. The van der Waals surface area contributed by atoms with Crippen LogP contribution >= 0.6 is 12.4 Å². The van der Waals surface area contributed by atoms with E-state index in [0.29, 0.717) is 6.42 Å². The van der Waals surface area contributed by atoms with Crippen LogP contribution in [0.2, 0.25) is 0 Å². The summed E-state index contributed by atoms with van der Waals surface area (Å²) in [5.41, 5.74) is 1.68. The Bertz CT molecular complexity index is 512. The van der Waals surface area contributed by atoms with Gasteiger partial charge in [0.05, 0.1) is 6.04 Å². The molecule has 2 aliphatic heterocycles. The Morgan fingerprint density at radius 1 is 1.24 bits per heavy atom. The fourth-order valence-corrected chi connectivity index (χ4v) is 2.78. The van der Waals surface area contributed by atoms with Gasteiger partial charge in [-0.1, -0.05) is 0 Å². The lowest BCUT2D eigenvalue weighted by Crippen LogP contribution is -2.35. The summed E-state index contributed by atoms with van der Waals surface area (Å²) in [6.45, 7) is 1.70. The number of halogens is 1. The number of carbonyl (C=O) groups excluding carboxylic acids is 2. The molecule has 6 heteroatoms. The number of hydrogen-bond acceptors (Lipinski definition) is 3. The van der Waals surface area contributed by atoms with Crippen molar-refractivity contribution in [2.45, 2.75) is 31.7 Å². The molecule has 0 spiro atoms. The molecule has 2 saturated heterocycles. The standard InChI is InChI=1S/C15H19N3O2.ClH/c19-14-4-2-10-18(14)12-7-5-11(6-8-12)17-15(20)13-3-1-9-16-13;/h5-8,13,16H,1-4,9-10H2,(H,17,20);1H. The van der Waals surface area contributed by atoms with Crippen LogP contribution in [0.15, 0.2) is 24.3 Å². The molecule has 1 atom stereocenters. The Morgan fingerprint density at radius 3 is 2.57 bits per heavy atom. The zero-order chi connectivity index (χ0) is 13.9. The number of hydrogen-bond donors (Lipinski definition) is 2. The van der Waals surface area contributed by atoms with Crippen LogP contribution in [0.1, 0.15) is 25.7 Å². The zero-order valence-corrected chi connectivity index (χ0v) is 12.6. The van der Waals surface area contributed by atoms with Crippen molar-refractivity contribution in [1.29, 1.82) is 0 Å². The maximum atomic E-state index is 12.0. The van der Waals surface area contributed by atoms with Crippen LogP contribution in [-0.2, 0) is 9.59 Å². The highest BCUT2D eigenvalue weighted by Crippen LogP contribution is 2.23. The van der Waals surface area contributed by atoms with Gasteiger partial charge in [-0.05, 0) is 50.1 Å². The quantitative estimate of drug-likeness (QED) is 0.897. The number of amides is 2. The molecule has 21 heavy (non-hydrogen) atoms. The van der Waals surface area contributed by atoms with E-state index in [1.165, 1.54) is 0 Å². The summed E-state index contributed by atoms with van der Waals surface area (Å²) in [7, 11) is 0. The predicted molar refractivity (Wildman–Crippen MR) is 84.9 cm³/mol. The summed E-state index contributed by atoms with van der Waals surface area (Å²) in [6.07, 6.45) is 3.50. The van der Waals surface area contributed by atoms with E-state index in [1.807, 2.05) is 24.3 Å². The lowest BCUT2D eigenvalue weighted by molar-refractivity contribution is -0.118. The van der Waals surface area contributed by atoms with Crippen LogP contribution in [0.5, 0.6) is 0 Å². The molecule has 2 fully saturated rings. The van der Waals surface area contributed by atoms with Gasteiger partial charge in [0, 0.05) is 24.3 Å². The van der Waals surface area contributed by atoms with Crippen LogP contribution in [-0.4, -0.2) is 30.9 Å². The summed E-state index contributed by atoms with van der Waals surface area (Å²) in [4.78, 5) is 25.4. The summed E-state index contributed by atoms with van der Waals surface area (Å²) in [5, 5.41) is 6.08. The average molecular weight is 310 g/mol. The van der Waals surface area contributed by atoms with Gasteiger partial charge in [0.15, 0.2) is 0 Å². The molecule has 0 bridgehead atoms. The second kappa shape index (κ2) is 6.91. The molecule has 0 aromatic heterocycles. The molecule has 2 amide bonds. The largest absolute Gasteiger partial charge is 0.325 e. The SMILES string of the molecule is Cl.O=C(Nc1ccc(N2CCCC2=O)cc1)C1CCCN1. The summed E-state index contributed by atoms with van der Waals surface area (Å²) >= 11 is 0. The lowest BCUT2D eigenvalue weighted by Gasteiger charge is -2.16. The molecule has 0 radical (unpaired) electrons. The van der Waals surface area contributed by atoms with Gasteiger partial charge in [-0.3, -0.25) is 9.59 Å². The van der Waals surface area contributed by atoms with Gasteiger partial charge < -0.3 is 15.5 Å². The van der Waals surface area contributed by atoms with Crippen molar-refractivity contribution in [1.82, 2.24) is 5.32 Å². The van der Waals surface area contributed by atoms with E-state index >= 15 is 0 Å². The highest BCUT2D eigenvalue weighted by Gasteiger charge is 2.23. The molecular weight excluding hydrogens is 290 g/mol. The molecular formula is C15H20ClN3O2. The second-order valence-electron chi connectivity index (χ2n) is 5.33. The van der Waals surface area contributed by atoms with Gasteiger partial charge in [0.2, 0.25) is 11.8 Å². The molecule has 5 nitrogen and oxygen atoms in total. The maximum Gasteiger partial charge on any atom is 0.241 e. The second-order valence-corrected chi connectivity index (χ2v) is 5.33. The molecule has 0 aliphatic carbocycles. The van der Waals surface area contributed by atoms with Crippen molar-refractivity contribution in [3.05, 3.63) is 24.3 Å². The number of nitrogens with one attached hydrogen (secondary N) is 2. The van der Waals surface area contributed by atoms with Crippen LogP contribution < -0.4 is 15.5 Å². The number of rotatable bonds is 3. The van der Waals surface area contributed by atoms with Crippen LogP contribution in [0.4, 0.5) is 11.4 Å². The van der Waals surface area contributed by atoms with Gasteiger partial charge >= 0.3 is 0 Å². The number of nitrogens with zero attached hydrogens (tertiary/aromatic N) is 1. The Hall–Kier alpha value is -1.59. The molecule has 2 N–H and O–H groups in total. The van der Waals surface area contributed by atoms with Gasteiger partial charge in [-0.15, -0.1) is 12.4 Å². The van der Waals surface area contributed by atoms with Crippen LogP contribution in [0, 0.1) is 0 Å². The normalized spacial score (nSPS) is 21.2. The van der Waals surface area contributed by atoms with Crippen LogP contribution in [0.25, 0.3) is 0 Å². The average Bonchev–Trinajstić information content (AvgIpc) is 3.11. The summed E-state index contributed by atoms with van der Waals surface area (Å²) in [5.74, 6) is 0.199.